The highest BCUT2D eigenvalue weighted by molar-refractivity contribution is 5.90. The molecule has 0 atom stereocenters. The summed E-state index contributed by atoms with van der Waals surface area (Å²) in [7, 11) is 0. The van der Waals surface area contributed by atoms with Crippen LogP contribution in [-0.4, -0.2) is 21.0 Å². The minimum absolute atomic E-state index is 0.0985. The third kappa shape index (κ3) is 1.97. The lowest BCUT2D eigenvalue weighted by atomic mass is 10.1. The van der Waals surface area contributed by atoms with E-state index in [4.69, 9.17) is 10.8 Å². The van der Waals surface area contributed by atoms with Crippen LogP contribution >= 0.6 is 0 Å². The van der Waals surface area contributed by atoms with E-state index in [-0.39, 0.29) is 17.1 Å². The summed E-state index contributed by atoms with van der Waals surface area (Å²) < 4.78 is 26.5. The van der Waals surface area contributed by atoms with Crippen molar-refractivity contribution < 1.29 is 18.7 Å². The third-order valence-corrected chi connectivity index (χ3v) is 2.23. The lowest BCUT2D eigenvalue weighted by Crippen LogP contribution is -2.08. The average molecular weight is 251 g/mol. The molecule has 0 aliphatic carbocycles. The molecule has 0 spiro atoms. The van der Waals surface area contributed by atoms with E-state index < -0.39 is 23.3 Å². The number of halogens is 2. The van der Waals surface area contributed by atoms with Crippen molar-refractivity contribution in [2.75, 3.05) is 5.73 Å². The van der Waals surface area contributed by atoms with Gasteiger partial charge in [-0.3, -0.25) is 0 Å². The Kier molecular flexibility index (Phi) is 2.88. The van der Waals surface area contributed by atoms with Gasteiger partial charge in [-0.05, 0) is 12.1 Å². The van der Waals surface area contributed by atoms with Gasteiger partial charge in [0, 0.05) is 5.56 Å². The van der Waals surface area contributed by atoms with Crippen LogP contribution in [0.4, 0.5) is 14.6 Å². The number of hydrogen-bond acceptors (Lipinski definition) is 4. The van der Waals surface area contributed by atoms with Gasteiger partial charge in [-0.15, -0.1) is 0 Å². The highest BCUT2D eigenvalue weighted by Crippen LogP contribution is 2.23. The third-order valence-electron chi connectivity index (χ3n) is 2.23. The van der Waals surface area contributed by atoms with E-state index in [1.54, 1.807) is 0 Å². The molecule has 0 saturated carbocycles. The van der Waals surface area contributed by atoms with Crippen LogP contribution in [0.1, 0.15) is 10.5 Å². The van der Waals surface area contributed by atoms with Crippen molar-refractivity contribution in [2.24, 2.45) is 0 Å². The monoisotopic (exact) mass is 251 g/mol. The Balaban J connectivity index is 2.62. The molecule has 1 aromatic heterocycles. The topological polar surface area (TPSA) is 89.1 Å². The first-order valence-corrected chi connectivity index (χ1v) is 4.81. The Bertz CT molecular complexity index is 632. The zero-order valence-electron chi connectivity index (χ0n) is 8.89. The first-order chi connectivity index (χ1) is 8.50. The SMILES string of the molecule is Nc1ncc(-c2cccc(F)c2F)nc1C(=O)O. The van der Waals surface area contributed by atoms with E-state index in [1.165, 1.54) is 12.1 Å². The fraction of sp³-hybridized carbons (Fsp3) is 0. The van der Waals surface area contributed by atoms with Crippen LogP contribution in [0.2, 0.25) is 0 Å². The van der Waals surface area contributed by atoms with Gasteiger partial charge in [0.25, 0.3) is 0 Å². The summed E-state index contributed by atoms with van der Waals surface area (Å²) in [6.45, 7) is 0. The van der Waals surface area contributed by atoms with Gasteiger partial charge >= 0.3 is 5.97 Å². The number of nitrogens with two attached hydrogens (primary N) is 1. The van der Waals surface area contributed by atoms with Gasteiger partial charge in [-0.2, -0.15) is 0 Å². The second kappa shape index (κ2) is 4.36. The van der Waals surface area contributed by atoms with Crippen LogP contribution in [-0.2, 0) is 0 Å². The maximum atomic E-state index is 13.5. The summed E-state index contributed by atoms with van der Waals surface area (Å²) in [5.41, 5.74) is 4.54. The minimum atomic E-state index is -1.39. The fourth-order valence-corrected chi connectivity index (χ4v) is 1.39. The van der Waals surface area contributed by atoms with Gasteiger partial charge in [-0.1, -0.05) is 6.07 Å². The normalized spacial score (nSPS) is 10.3. The van der Waals surface area contributed by atoms with E-state index in [0.717, 1.165) is 12.3 Å². The molecule has 0 fully saturated rings. The van der Waals surface area contributed by atoms with E-state index in [1.807, 2.05) is 0 Å². The molecule has 0 aliphatic rings. The van der Waals surface area contributed by atoms with Crippen LogP contribution in [0.25, 0.3) is 11.3 Å². The Morgan fingerprint density at radius 3 is 2.72 bits per heavy atom. The van der Waals surface area contributed by atoms with Gasteiger partial charge in [0.15, 0.2) is 23.1 Å². The van der Waals surface area contributed by atoms with Crippen LogP contribution < -0.4 is 5.73 Å². The fourth-order valence-electron chi connectivity index (χ4n) is 1.39. The van der Waals surface area contributed by atoms with Gasteiger partial charge in [-0.25, -0.2) is 23.5 Å². The van der Waals surface area contributed by atoms with Crippen molar-refractivity contribution in [3.8, 4) is 11.3 Å². The molecule has 0 saturated heterocycles. The summed E-state index contributed by atoms with van der Waals surface area (Å²) in [6, 6.07) is 3.50. The molecule has 7 heteroatoms. The zero-order chi connectivity index (χ0) is 13.3. The van der Waals surface area contributed by atoms with Crippen molar-refractivity contribution in [1.29, 1.82) is 0 Å². The lowest BCUT2D eigenvalue weighted by molar-refractivity contribution is 0.0691. The number of aromatic carboxylic acids is 1. The molecule has 2 rings (SSSR count). The van der Waals surface area contributed by atoms with Gasteiger partial charge < -0.3 is 10.8 Å². The number of carboxylic acid groups (broad SMARTS) is 1. The highest BCUT2D eigenvalue weighted by atomic mass is 19.2. The number of aromatic nitrogens is 2. The summed E-state index contributed by atoms with van der Waals surface area (Å²) >= 11 is 0. The smallest absolute Gasteiger partial charge is 0.358 e. The summed E-state index contributed by atoms with van der Waals surface area (Å²) in [4.78, 5) is 18.0. The van der Waals surface area contributed by atoms with Crippen molar-refractivity contribution in [1.82, 2.24) is 9.97 Å². The number of rotatable bonds is 2. The molecule has 1 heterocycles. The Morgan fingerprint density at radius 1 is 1.33 bits per heavy atom. The molecule has 18 heavy (non-hydrogen) atoms. The summed E-state index contributed by atoms with van der Waals surface area (Å²) in [6.07, 6.45) is 1.08. The summed E-state index contributed by atoms with van der Waals surface area (Å²) in [5.74, 6) is -3.85. The van der Waals surface area contributed by atoms with Crippen LogP contribution in [0, 0.1) is 11.6 Å². The van der Waals surface area contributed by atoms with Crippen molar-refractivity contribution >= 4 is 11.8 Å². The number of benzene rings is 1. The van der Waals surface area contributed by atoms with Crippen molar-refractivity contribution in [3.05, 3.63) is 41.7 Å². The second-order valence-electron chi connectivity index (χ2n) is 3.40. The molecular formula is C11H7F2N3O2. The first-order valence-electron chi connectivity index (χ1n) is 4.81. The molecule has 0 aliphatic heterocycles. The van der Waals surface area contributed by atoms with E-state index in [2.05, 4.69) is 9.97 Å². The first kappa shape index (κ1) is 11.9. The number of nitrogen functional groups attached to an aromatic ring is 1. The largest absolute Gasteiger partial charge is 0.476 e. The Morgan fingerprint density at radius 2 is 2.06 bits per heavy atom. The van der Waals surface area contributed by atoms with E-state index in [9.17, 15) is 13.6 Å². The molecule has 0 unspecified atom stereocenters. The Labute approximate surface area is 99.9 Å². The molecule has 3 N–H and O–H groups in total. The maximum absolute atomic E-state index is 13.5. The molecule has 0 radical (unpaired) electrons. The lowest BCUT2D eigenvalue weighted by Gasteiger charge is -2.05. The van der Waals surface area contributed by atoms with Gasteiger partial charge in [0.05, 0.1) is 11.9 Å². The number of nitrogens with zero attached hydrogens (tertiary/aromatic N) is 2. The zero-order valence-corrected chi connectivity index (χ0v) is 8.89. The van der Waals surface area contributed by atoms with Crippen LogP contribution in [0.15, 0.2) is 24.4 Å². The van der Waals surface area contributed by atoms with Crippen molar-refractivity contribution in [2.45, 2.75) is 0 Å². The number of carbonyl (C=O) groups is 1. The van der Waals surface area contributed by atoms with Crippen molar-refractivity contribution in [3.63, 3.8) is 0 Å². The van der Waals surface area contributed by atoms with Gasteiger partial charge in [0.1, 0.15) is 0 Å². The molecule has 1 aromatic carbocycles. The molecule has 0 bridgehead atoms. The second-order valence-corrected chi connectivity index (χ2v) is 3.40. The van der Waals surface area contributed by atoms with Crippen LogP contribution in [0.5, 0.6) is 0 Å². The van der Waals surface area contributed by atoms with Gasteiger partial charge in [0.2, 0.25) is 0 Å². The maximum Gasteiger partial charge on any atom is 0.358 e. The van der Waals surface area contributed by atoms with Crippen LogP contribution in [0.3, 0.4) is 0 Å². The minimum Gasteiger partial charge on any atom is -0.476 e. The molecule has 2 aromatic rings. The average Bonchev–Trinajstić information content (AvgIpc) is 2.33. The summed E-state index contributed by atoms with van der Waals surface area (Å²) in [5, 5.41) is 8.81. The van der Waals surface area contributed by atoms with E-state index in [0.29, 0.717) is 0 Å². The number of anilines is 1. The molecule has 92 valence electrons. The quantitative estimate of drug-likeness (QED) is 0.847. The Hall–Kier alpha value is -2.57. The predicted molar refractivity (Wildman–Crippen MR) is 58.8 cm³/mol. The molecule has 5 nitrogen and oxygen atoms in total. The standard InChI is InChI=1S/C11H7F2N3O2/c12-6-3-1-2-5(8(6)13)7-4-15-10(14)9(16-7)11(17)18/h1-4H,(H2,14,15)(H,17,18). The number of hydrogen-bond donors (Lipinski definition) is 2. The predicted octanol–water partition coefficient (Wildman–Crippen LogP) is 1.70. The molecule has 0 amide bonds. The van der Waals surface area contributed by atoms with E-state index >= 15 is 0 Å². The highest BCUT2D eigenvalue weighted by Gasteiger charge is 2.16. The number of carboxylic acids is 1. The molecular weight excluding hydrogens is 244 g/mol.